The van der Waals surface area contributed by atoms with E-state index in [2.05, 4.69) is 0 Å². The first kappa shape index (κ1) is 8.17. The summed E-state index contributed by atoms with van der Waals surface area (Å²) in [6.45, 7) is 1.34. The molecule has 11 heavy (non-hydrogen) atoms. The lowest BCUT2D eigenvalue weighted by Gasteiger charge is -2.17. The molecule has 0 heterocycles. The van der Waals surface area contributed by atoms with Crippen LogP contribution in [0.5, 0.6) is 0 Å². The van der Waals surface area contributed by atoms with Gasteiger partial charge in [-0.3, -0.25) is 5.73 Å². The second-order valence-electron chi connectivity index (χ2n) is 2.63. The van der Waals surface area contributed by atoms with Crippen LogP contribution >= 0.6 is 0 Å². The van der Waals surface area contributed by atoms with Crippen LogP contribution in [0.4, 0.5) is 4.39 Å². The Labute approximate surface area is 64.5 Å². The van der Waals surface area contributed by atoms with Gasteiger partial charge in [-0.05, 0) is 13.0 Å². The fourth-order valence-corrected chi connectivity index (χ4v) is 0.872. The van der Waals surface area contributed by atoms with Crippen LogP contribution in [0.25, 0.3) is 0 Å². The first-order valence-electron chi connectivity index (χ1n) is 3.28. The topological polar surface area (TPSA) is 46.2 Å². The summed E-state index contributed by atoms with van der Waals surface area (Å²) in [4.78, 5) is 0. The number of hydrogen-bond donors (Lipinski definition) is 2. The van der Waals surface area contributed by atoms with E-state index in [0.29, 0.717) is 0 Å². The molecule has 0 spiro atoms. The number of nitrogens with two attached hydrogens (primary N) is 1. The van der Waals surface area contributed by atoms with Crippen LogP contribution in [0.15, 0.2) is 24.3 Å². The van der Waals surface area contributed by atoms with E-state index in [4.69, 9.17) is 5.73 Å². The van der Waals surface area contributed by atoms with Crippen molar-refractivity contribution < 1.29 is 9.50 Å². The molecule has 0 unspecified atom stereocenters. The molecule has 0 amide bonds. The normalized spacial score (nSPS) is 16.0. The number of benzene rings is 1. The van der Waals surface area contributed by atoms with Crippen molar-refractivity contribution in [2.24, 2.45) is 5.73 Å². The van der Waals surface area contributed by atoms with Crippen LogP contribution in [0, 0.1) is 5.82 Å². The minimum Gasteiger partial charge on any atom is -0.372 e. The fourth-order valence-electron chi connectivity index (χ4n) is 0.872. The molecule has 3 N–H and O–H groups in total. The minimum absolute atomic E-state index is 0.111. The van der Waals surface area contributed by atoms with Crippen LogP contribution in [-0.2, 0) is 5.72 Å². The van der Waals surface area contributed by atoms with Gasteiger partial charge in [0.25, 0.3) is 0 Å². The fraction of sp³-hybridized carbons (Fsp3) is 0.250. The van der Waals surface area contributed by atoms with Crippen molar-refractivity contribution in [2.45, 2.75) is 12.6 Å². The summed E-state index contributed by atoms with van der Waals surface area (Å²) in [5, 5.41) is 9.21. The van der Waals surface area contributed by atoms with Gasteiger partial charge in [-0.25, -0.2) is 4.39 Å². The molecule has 0 radical (unpaired) electrons. The van der Waals surface area contributed by atoms with Crippen molar-refractivity contribution in [3.05, 3.63) is 35.6 Å². The molecule has 0 aliphatic carbocycles. The van der Waals surface area contributed by atoms with E-state index in [1.165, 1.54) is 19.1 Å². The zero-order valence-corrected chi connectivity index (χ0v) is 6.21. The van der Waals surface area contributed by atoms with Crippen molar-refractivity contribution in [1.82, 2.24) is 0 Å². The average molecular weight is 155 g/mol. The van der Waals surface area contributed by atoms with Crippen molar-refractivity contribution in [1.29, 1.82) is 0 Å². The molecule has 0 fully saturated rings. The molecule has 0 aliphatic heterocycles. The Kier molecular flexibility index (Phi) is 1.93. The van der Waals surface area contributed by atoms with Crippen LogP contribution in [-0.4, -0.2) is 5.11 Å². The van der Waals surface area contributed by atoms with Crippen molar-refractivity contribution in [2.75, 3.05) is 0 Å². The van der Waals surface area contributed by atoms with Gasteiger partial charge in [-0.15, -0.1) is 0 Å². The number of halogens is 1. The van der Waals surface area contributed by atoms with Crippen LogP contribution in [0.1, 0.15) is 12.5 Å². The van der Waals surface area contributed by atoms with E-state index >= 15 is 0 Å². The summed E-state index contributed by atoms with van der Waals surface area (Å²) in [6.07, 6.45) is 0. The summed E-state index contributed by atoms with van der Waals surface area (Å²) >= 11 is 0. The summed E-state index contributed by atoms with van der Waals surface area (Å²) in [5.74, 6) is -0.486. The third-order valence-corrected chi connectivity index (χ3v) is 1.42. The lowest BCUT2D eigenvalue weighted by molar-refractivity contribution is 0.0608. The third kappa shape index (κ3) is 1.76. The van der Waals surface area contributed by atoms with E-state index < -0.39 is 11.5 Å². The van der Waals surface area contributed by atoms with Gasteiger partial charge in [0.2, 0.25) is 0 Å². The zero-order valence-electron chi connectivity index (χ0n) is 6.21. The van der Waals surface area contributed by atoms with Gasteiger partial charge in [0.1, 0.15) is 11.5 Å². The molecule has 0 saturated carbocycles. The highest BCUT2D eigenvalue weighted by atomic mass is 19.1. The maximum absolute atomic E-state index is 12.8. The second kappa shape index (κ2) is 2.60. The molecule has 0 saturated heterocycles. The first-order chi connectivity index (χ1) is 5.02. The van der Waals surface area contributed by atoms with Gasteiger partial charge in [-0.2, -0.15) is 0 Å². The van der Waals surface area contributed by atoms with Crippen molar-refractivity contribution in [3.63, 3.8) is 0 Å². The van der Waals surface area contributed by atoms with Crippen molar-refractivity contribution in [3.8, 4) is 0 Å². The zero-order chi connectivity index (χ0) is 8.48. The Morgan fingerprint density at radius 3 is 2.36 bits per heavy atom. The maximum Gasteiger partial charge on any atom is 0.139 e. The summed E-state index contributed by atoms with van der Waals surface area (Å²) in [7, 11) is 0. The summed E-state index contributed by atoms with van der Waals surface area (Å²) < 4.78 is 12.8. The lowest BCUT2D eigenvalue weighted by atomic mass is 10.1. The van der Waals surface area contributed by atoms with E-state index in [0.717, 1.165) is 0 Å². The van der Waals surface area contributed by atoms with Crippen molar-refractivity contribution >= 4 is 0 Å². The molecule has 60 valence electrons. The molecule has 3 heteroatoms. The van der Waals surface area contributed by atoms with E-state index in [1.807, 2.05) is 0 Å². The highest BCUT2D eigenvalue weighted by Gasteiger charge is 2.19. The Bertz CT molecular complexity index is 255. The Morgan fingerprint density at radius 1 is 1.45 bits per heavy atom. The Balaban J connectivity index is 3.14. The van der Waals surface area contributed by atoms with Gasteiger partial charge >= 0.3 is 0 Å². The van der Waals surface area contributed by atoms with Gasteiger partial charge in [0, 0.05) is 5.56 Å². The summed E-state index contributed by atoms with van der Waals surface area (Å²) in [6, 6.07) is 5.89. The third-order valence-electron chi connectivity index (χ3n) is 1.42. The molecule has 1 aromatic rings. The average Bonchev–Trinajstić information content (AvgIpc) is 1.86. The maximum atomic E-state index is 12.8. The molecule has 1 atom stereocenters. The second-order valence-corrected chi connectivity index (χ2v) is 2.63. The molecular weight excluding hydrogens is 145 g/mol. The monoisotopic (exact) mass is 155 g/mol. The quantitative estimate of drug-likeness (QED) is 0.593. The van der Waals surface area contributed by atoms with Gasteiger partial charge < -0.3 is 5.11 Å². The van der Waals surface area contributed by atoms with Crippen LogP contribution in [0.2, 0.25) is 0 Å². The predicted octanol–water partition coefficient (Wildman–Crippen LogP) is 0.949. The SMILES string of the molecule is C[C@@](N)(O)c1ccccc1F. The molecule has 0 aromatic heterocycles. The number of hydrogen-bond acceptors (Lipinski definition) is 2. The molecule has 0 bridgehead atoms. The number of rotatable bonds is 1. The highest BCUT2D eigenvalue weighted by Crippen LogP contribution is 2.16. The highest BCUT2D eigenvalue weighted by molar-refractivity contribution is 5.22. The molecule has 2 nitrogen and oxygen atoms in total. The Hall–Kier alpha value is -0.930. The van der Waals surface area contributed by atoms with Gasteiger partial charge in [-0.1, -0.05) is 18.2 Å². The summed E-state index contributed by atoms with van der Waals surface area (Å²) in [5.41, 5.74) is 3.79. The molecule has 1 aromatic carbocycles. The van der Waals surface area contributed by atoms with Crippen LogP contribution in [0.3, 0.4) is 0 Å². The van der Waals surface area contributed by atoms with Gasteiger partial charge in [0.05, 0.1) is 0 Å². The van der Waals surface area contributed by atoms with E-state index in [9.17, 15) is 9.50 Å². The molecular formula is C8H10FNO. The van der Waals surface area contributed by atoms with E-state index in [1.54, 1.807) is 12.1 Å². The molecule has 0 aliphatic rings. The Morgan fingerprint density at radius 2 is 2.00 bits per heavy atom. The first-order valence-corrected chi connectivity index (χ1v) is 3.28. The predicted molar refractivity (Wildman–Crippen MR) is 40.2 cm³/mol. The molecule has 1 rings (SSSR count). The van der Waals surface area contributed by atoms with E-state index in [-0.39, 0.29) is 5.56 Å². The largest absolute Gasteiger partial charge is 0.372 e. The number of aliphatic hydroxyl groups is 1. The van der Waals surface area contributed by atoms with Crippen LogP contribution < -0.4 is 5.73 Å². The standard InChI is InChI=1S/C8H10FNO/c1-8(10,11)6-4-2-3-5-7(6)9/h2-5,11H,10H2,1H3/t8-/m1/s1. The van der Waals surface area contributed by atoms with Gasteiger partial charge in [0.15, 0.2) is 0 Å². The lowest BCUT2D eigenvalue weighted by Crippen LogP contribution is -2.33. The minimum atomic E-state index is -1.59. The smallest absolute Gasteiger partial charge is 0.139 e.